The zero-order valence-corrected chi connectivity index (χ0v) is 21.0. The minimum Gasteiger partial charge on any atom is -0.494 e. The molecule has 0 unspecified atom stereocenters. The third-order valence-electron chi connectivity index (χ3n) is 5.23. The van der Waals surface area contributed by atoms with E-state index in [1.807, 2.05) is 18.2 Å². The van der Waals surface area contributed by atoms with Crippen LogP contribution < -0.4 is 14.8 Å². The molecule has 0 aliphatic heterocycles. The van der Waals surface area contributed by atoms with Crippen LogP contribution in [0.25, 0.3) is 0 Å². The summed E-state index contributed by atoms with van der Waals surface area (Å²) in [7, 11) is 0. The first kappa shape index (κ1) is 27.6. The number of amides is 1. The Kier molecular flexibility index (Phi) is 10.9. The summed E-state index contributed by atoms with van der Waals surface area (Å²) in [6, 6.07) is 22.0. The van der Waals surface area contributed by atoms with Crippen molar-refractivity contribution >= 4 is 35.3 Å². The van der Waals surface area contributed by atoms with E-state index in [0.717, 1.165) is 24.8 Å². The topological polar surface area (TPSA) is 122 Å². The second-order valence-electron chi connectivity index (χ2n) is 8.17. The molecule has 0 radical (unpaired) electrons. The number of carbonyl (C=O) groups is 3. The highest BCUT2D eigenvalue weighted by Gasteiger charge is 2.13. The van der Waals surface area contributed by atoms with Crippen molar-refractivity contribution < 1.29 is 34.1 Å². The lowest BCUT2D eigenvalue weighted by Crippen LogP contribution is -2.15. The van der Waals surface area contributed by atoms with Gasteiger partial charge in [0, 0.05) is 11.3 Å². The molecule has 0 heterocycles. The van der Waals surface area contributed by atoms with Crippen molar-refractivity contribution in [2.75, 3.05) is 24.3 Å². The first-order chi connectivity index (χ1) is 17.9. The van der Waals surface area contributed by atoms with Gasteiger partial charge in [-0.05, 0) is 66.8 Å². The standard InChI is InChI=1S/C28H29NO7S/c30-26(31)17-36-25-14-9-21(18-37-19-27(32)33)16-24(25)29-28(34)22-10-12-23(13-11-22)35-15-5-4-8-20-6-2-1-3-7-20/h1-3,6-7,9-14,16H,4-5,8,15,17-19H2,(H,29,34)(H,30,31)(H,32,33). The summed E-state index contributed by atoms with van der Waals surface area (Å²) in [5.74, 6) is -1.23. The Morgan fingerprint density at radius 1 is 0.811 bits per heavy atom. The van der Waals surface area contributed by atoms with Gasteiger partial charge >= 0.3 is 11.9 Å². The molecule has 0 aliphatic carbocycles. The zero-order valence-electron chi connectivity index (χ0n) is 20.2. The van der Waals surface area contributed by atoms with Gasteiger partial charge in [0.1, 0.15) is 11.5 Å². The first-order valence-corrected chi connectivity index (χ1v) is 12.9. The van der Waals surface area contributed by atoms with Gasteiger partial charge in [-0.3, -0.25) is 9.59 Å². The van der Waals surface area contributed by atoms with Gasteiger partial charge in [-0.2, -0.15) is 0 Å². The van der Waals surface area contributed by atoms with Gasteiger partial charge in [0.15, 0.2) is 6.61 Å². The van der Waals surface area contributed by atoms with Crippen molar-refractivity contribution in [2.24, 2.45) is 0 Å². The molecule has 0 atom stereocenters. The Balaban J connectivity index is 1.55. The van der Waals surface area contributed by atoms with Crippen molar-refractivity contribution in [1.82, 2.24) is 0 Å². The molecule has 0 bridgehead atoms. The van der Waals surface area contributed by atoms with Gasteiger partial charge in [0.25, 0.3) is 5.91 Å². The Hall–Kier alpha value is -3.98. The van der Waals surface area contributed by atoms with E-state index < -0.39 is 24.5 Å². The highest BCUT2D eigenvalue weighted by molar-refractivity contribution is 7.99. The SMILES string of the molecule is O=C(O)COc1ccc(CSCC(=O)O)cc1NC(=O)c1ccc(OCCCCc2ccccc2)cc1. The fraction of sp³-hybridized carbons (Fsp3) is 0.250. The highest BCUT2D eigenvalue weighted by atomic mass is 32.2. The molecule has 0 saturated heterocycles. The van der Waals surface area contributed by atoms with Crippen LogP contribution in [0, 0.1) is 0 Å². The van der Waals surface area contributed by atoms with Crippen molar-refractivity contribution in [3.63, 3.8) is 0 Å². The van der Waals surface area contributed by atoms with Crippen molar-refractivity contribution in [3.8, 4) is 11.5 Å². The van der Waals surface area contributed by atoms with Gasteiger partial charge in [0.2, 0.25) is 0 Å². The molecule has 3 aromatic carbocycles. The van der Waals surface area contributed by atoms with Gasteiger partial charge in [0.05, 0.1) is 18.0 Å². The number of hydrogen-bond donors (Lipinski definition) is 3. The summed E-state index contributed by atoms with van der Waals surface area (Å²) in [5, 5.41) is 20.5. The molecule has 37 heavy (non-hydrogen) atoms. The fourth-order valence-electron chi connectivity index (χ4n) is 3.45. The summed E-state index contributed by atoms with van der Waals surface area (Å²) in [5.41, 5.74) is 2.77. The maximum atomic E-state index is 12.9. The Morgan fingerprint density at radius 2 is 1.57 bits per heavy atom. The summed E-state index contributed by atoms with van der Waals surface area (Å²) < 4.78 is 11.1. The number of carboxylic acid groups (broad SMARTS) is 2. The van der Waals surface area contributed by atoms with Gasteiger partial charge in [-0.15, -0.1) is 11.8 Å². The number of benzene rings is 3. The number of carboxylic acids is 2. The molecule has 0 fully saturated rings. The highest BCUT2D eigenvalue weighted by Crippen LogP contribution is 2.28. The van der Waals surface area contributed by atoms with Crippen molar-refractivity contribution in [2.45, 2.75) is 25.0 Å². The number of rotatable bonds is 15. The van der Waals surface area contributed by atoms with Crippen LogP contribution in [-0.4, -0.2) is 47.0 Å². The second-order valence-corrected chi connectivity index (χ2v) is 9.15. The minimum atomic E-state index is -1.14. The molecule has 0 spiro atoms. The Morgan fingerprint density at radius 3 is 2.27 bits per heavy atom. The van der Waals surface area contributed by atoms with Crippen molar-refractivity contribution in [3.05, 3.63) is 89.5 Å². The van der Waals surface area contributed by atoms with Crippen LogP contribution in [0.2, 0.25) is 0 Å². The summed E-state index contributed by atoms with van der Waals surface area (Å²) in [4.78, 5) is 34.5. The fourth-order valence-corrected chi connectivity index (χ4v) is 4.14. The minimum absolute atomic E-state index is 0.0552. The van der Waals surface area contributed by atoms with Crippen LogP contribution in [0.1, 0.15) is 34.3 Å². The third kappa shape index (κ3) is 9.89. The molecular weight excluding hydrogens is 494 g/mol. The Bertz CT molecular complexity index is 1180. The lowest BCUT2D eigenvalue weighted by molar-refractivity contribution is -0.139. The van der Waals surface area contributed by atoms with Crippen LogP contribution in [-0.2, 0) is 21.8 Å². The molecule has 3 rings (SSSR count). The number of hydrogen-bond acceptors (Lipinski definition) is 6. The van der Waals surface area contributed by atoms with Crippen LogP contribution in [0.5, 0.6) is 11.5 Å². The number of anilines is 1. The van der Waals surface area contributed by atoms with E-state index in [0.29, 0.717) is 29.4 Å². The van der Waals surface area contributed by atoms with Crippen LogP contribution in [0.4, 0.5) is 5.69 Å². The van der Waals surface area contributed by atoms with E-state index in [4.69, 9.17) is 19.7 Å². The predicted molar refractivity (Wildman–Crippen MR) is 143 cm³/mol. The average Bonchev–Trinajstić information content (AvgIpc) is 2.88. The number of nitrogens with one attached hydrogen (secondary N) is 1. The first-order valence-electron chi connectivity index (χ1n) is 11.8. The molecule has 3 N–H and O–H groups in total. The van der Waals surface area contributed by atoms with Gasteiger partial charge in [-0.25, -0.2) is 4.79 Å². The summed E-state index contributed by atoms with van der Waals surface area (Å²) in [6.45, 7) is 0.0166. The van der Waals surface area contributed by atoms with E-state index in [2.05, 4.69) is 17.4 Å². The molecule has 9 heteroatoms. The van der Waals surface area contributed by atoms with Gasteiger partial charge in [-0.1, -0.05) is 36.4 Å². The van der Waals surface area contributed by atoms with Crippen LogP contribution in [0.15, 0.2) is 72.8 Å². The van der Waals surface area contributed by atoms with E-state index >= 15 is 0 Å². The number of aryl methyl sites for hydroxylation is 1. The molecule has 0 aromatic heterocycles. The van der Waals surface area contributed by atoms with Crippen LogP contribution in [0.3, 0.4) is 0 Å². The molecule has 1 amide bonds. The molecule has 0 aliphatic rings. The largest absolute Gasteiger partial charge is 0.494 e. The van der Waals surface area contributed by atoms with E-state index in [9.17, 15) is 14.4 Å². The monoisotopic (exact) mass is 523 g/mol. The third-order valence-corrected chi connectivity index (χ3v) is 6.21. The summed E-state index contributed by atoms with van der Waals surface area (Å²) in [6.07, 6.45) is 2.93. The number of thioether (sulfide) groups is 1. The molecule has 3 aromatic rings. The summed E-state index contributed by atoms with van der Waals surface area (Å²) >= 11 is 1.21. The smallest absolute Gasteiger partial charge is 0.341 e. The number of aliphatic carboxylic acids is 2. The molecular formula is C28H29NO7S. The zero-order chi connectivity index (χ0) is 26.5. The normalized spacial score (nSPS) is 10.5. The van der Waals surface area contributed by atoms with Crippen molar-refractivity contribution in [1.29, 1.82) is 0 Å². The maximum absolute atomic E-state index is 12.9. The predicted octanol–water partition coefficient (Wildman–Crippen LogP) is 5.12. The lowest BCUT2D eigenvalue weighted by Gasteiger charge is -2.14. The van der Waals surface area contributed by atoms with E-state index in [1.54, 1.807) is 42.5 Å². The number of carbonyl (C=O) groups excluding carboxylic acids is 1. The maximum Gasteiger partial charge on any atom is 0.341 e. The number of ether oxygens (including phenoxy) is 2. The lowest BCUT2D eigenvalue weighted by atomic mass is 10.1. The molecule has 194 valence electrons. The van der Waals surface area contributed by atoms with Crippen LogP contribution >= 0.6 is 11.8 Å². The van der Waals surface area contributed by atoms with E-state index in [1.165, 1.54) is 17.3 Å². The van der Waals surface area contributed by atoms with E-state index in [-0.39, 0.29) is 11.5 Å². The second kappa shape index (κ2) is 14.5. The van der Waals surface area contributed by atoms with Gasteiger partial charge < -0.3 is 25.0 Å². The molecule has 8 nitrogen and oxygen atoms in total. The number of unbranched alkanes of at least 4 members (excludes halogenated alkanes) is 1. The average molecular weight is 524 g/mol. The molecule has 0 saturated carbocycles. The quantitative estimate of drug-likeness (QED) is 0.235. The Labute approximate surface area is 219 Å².